The Labute approximate surface area is 70.9 Å². The Hall–Kier alpha value is -1.12. The summed E-state index contributed by atoms with van der Waals surface area (Å²) in [6, 6.07) is 0. The highest BCUT2D eigenvalue weighted by Crippen LogP contribution is 2.39. The summed E-state index contributed by atoms with van der Waals surface area (Å²) in [4.78, 5) is 18.3. The average Bonchev–Trinajstić information content (AvgIpc) is 2.79. The van der Waals surface area contributed by atoms with Gasteiger partial charge in [0.25, 0.3) is 5.56 Å². The van der Waals surface area contributed by atoms with Gasteiger partial charge in [-0.05, 0) is 26.7 Å². The average molecular weight is 164 g/mol. The van der Waals surface area contributed by atoms with E-state index in [2.05, 4.69) is 9.97 Å². The zero-order chi connectivity index (χ0) is 8.72. The zero-order valence-electron chi connectivity index (χ0n) is 7.35. The van der Waals surface area contributed by atoms with Crippen LogP contribution in [0.5, 0.6) is 0 Å². The number of hydrogen-bond acceptors (Lipinski definition) is 2. The number of hydrogen-bond donors (Lipinski definition) is 1. The molecule has 1 aliphatic rings. The molecule has 0 radical (unpaired) electrons. The van der Waals surface area contributed by atoms with Crippen molar-refractivity contribution in [2.45, 2.75) is 32.6 Å². The molecule has 1 aromatic rings. The fourth-order valence-corrected chi connectivity index (χ4v) is 1.42. The number of H-pyrrole nitrogens is 1. The number of nitrogens with one attached hydrogen (secondary N) is 1. The van der Waals surface area contributed by atoms with Crippen molar-refractivity contribution < 1.29 is 0 Å². The first-order valence-electron chi connectivity index (χ1n) is 4.26. The first kappa shape index (κ1) is 7.53. The minimum atomic E-state index is 0.0180. The van der Waals surface area contributed by atoms with Crippen LogP contribution < -0.4 is 5.56 Å². The van der Waals surface area contributed by atoms with E-state index in [9.17, 15) is 4.79 Å². The van der Waals surface area contributed by atoms with E-state index in [1.165, 1.54) is 12.8 Å². The van der Waals surface area contributed by atoms with Gasteiger partial charge in [0.1, 0.15) is 5.82 Å². The minimum absolute atomic E-state index is 0.0180. The van der Waals surface area contributed by atoms with E-state index >= 15 is 0 Å². The van der Waals surface area contributed by atoms with Gasteiger partial charge in [-0.3, -0.25) is 4.79 Å². The highest BCUT2D eigenvalue weighted by atomic mass is 16.1. The maximum atomic E-state index is 11.3. The molecular formula is C9H12N2O. The molecule has 0 unspecified atom stereocenters. The van der Waals surface area contributed by atoms with Gasteiger partial charge in [0.05, 0.1) is 5.69 Å². The molecule has 0 spiro atoms. The van der Waals surface area contributed by atoms with Gasteiger partial charge in [0, 0.05) is 11.5 Å². The van der Waals surface area contributed by atoms with Crippen molar-refractivity contribution in [3.05, 3.63) is 27.4 Å². The fourth-order valence-electron chi connectivity index (χ4n) is 1.42. The van der Waals surface area contributed by atoms with Gasteiger partial charge in [0.15, 0.2) is 0 Å². The molecule has 12 heavy (non-hydrogen) atoms. The molecule has 1 saturated carbocycles. The van der Waals surface area contributed by atoms with Crippen molar-refractivity contribution in [3.63, 3.8) is 0 Å². The number of aromatic nitrogens is 2. The molecule has 3 heteroatoms. The molecule has 1 N–H and O–H groups in total. The third-order valence-corrected chi connectivity index (χ3v) is 2.27. The van der Waals surface area contributed by atoms with Crippen LogP contribution in [0.2, 0.25) is 0 Å². The SMILES string of the molecule is Cc1nc(C2CC2)c(C)c(=O)[nH]1. The highest BCUT2D eigenvalue weighted by Gasteiger charge is 2.27. The summed E-state index contributed by atoms with van der Waals surface area (Å²) in [5, 5.41) is 0. The fraction of sp³-hybridized carbons (Fsp3) is 0.556. The molecule has 0 atom stereocenters. The summed E-state index contributed by atoms with van der Waals surface area (Å²) in [5.41, 5.74) is 1.82. The summed E-state index contributed by atoms with van der Waals surface area (Å²) >= 11 is 0. The third-order valence-electron chi connectivity index (χ3n) is 2.27. The molecule has 0 bridgehead atoms. The predicted molar refractivity (Wildman–Crippen MR) is 46.3 cm³/mol. The van der Waals surface area contributed by atoms with Crippen molar-refractivity contribution in [1.82, 2.24) is 9.97 Å². The standard InChI is InChI=1S/C9H12N2O/c1-5-8(7-3-4-7)10-6(2)11-9(5)12/h7H,3-4H2,1-2H3,(H,10,11,12). The van der Waals surface area contributed by atoms with Gasteiger partial charge < -0.3 is 4.98 Å². The lowest BCUT2D eigenvalue weighted by Crippen LogP contribution is -2.15. The van der Waals surface area contributed by atoms with Crippen molar-refractivity contribution >= 4 is 0 Å². The molecule has 1 aliphatic carbocycles. The second-order valence-electron chi connectivity index (χ2n) is 3.44. The van der Waals surface area contributed by atoms with Gasteiger partial charge in [-0.25, -0.2) is 4.98 Å². The molecular weight excluding hydrogens is 152 g/mol. The lowest BCUT2D eigenvalue weighted by Gasteiger charge is -2.02. The molecule has 64 valence electrons. The molecule has 3 nitrogen and oxygen atoms in total. The van der Waals surface area contributed by atoms with Crippen LogP contribution in [0.15, 0.2) is 4.79 Å². The maximum absolute atomic E-state index is 11.3. The van der Waals surface area contributed by atoms with E-state index in [1.807, 2.05) is 13.8 Å². The summed E-state index contributed by atoms with van der Waals surface area (Å²) in [6.45, 7) is 3.67. The van der Waals surface area contributed by atoms with Crippen LogP contribution >= 0.6 is 0 Å². The van der Waals surface area contributed by atoms with Gasteiger partial charge in [-0.2, -0.15) is 0 Å². The molecule has 0 aromatic carbocycles. The zero-order valence-corrected chi connectivity index (χ0v) is 7.35. The number of aryl methyl sites for hydroxylation is 1. The van der Waals surface area contributed by atoms with E-state index < -0.39 is 0 Å². The Morgan fingerprint density at radius 2 is 2.08 bits per heavy atom. The van der Waals surface area contributed by atoms with E-state index in [0.29, 0.717) is 5.92 Å². The van der Waals surface area contributed by atoms with Crippen LogP contribution in [-0.4, -0.2) is 9.97 Å². The van der Waals surface area contributed by atoms with Crippen molar-refractivity contribution in [2.75, 3.05) is 0 Å². The normalized spacial score (nSPS) is 16.5. The topological polar surface area (TPSA) is 45.8 Å². The summed E-state index contributed by atoms with van der Waals surface area (Å²) in [6.07, 6.45) is 2.38. The molecule has 0 aliphatic heterocycles. The second kappa shape index (κ2) is 2.44. The van der Waals surface area contributed by atoms with Gasteiger partial charge in [-0.15, -0.1) is 0 Å². The van der Waals surface area contributed by atoms with Crippen molar-refractivity contribution in [2.24, 2.45) is 0 Å². The first-order valence-corrected chi connectivity index (χ1v) is 4.26. The Morgan fingerprint density at radius 1 is 1.42 bits per heavy atom. The Bertz CT molecular complexity index is 363. The van der Waals surface area contributed by atoms with Gasteiger partial charge in [-0.1, -0.05) is 0 Å². The molecule has 2 rings (SSSR count). The molecule has 1 heterocycles. The van der Waals surface area contributed by atoms with Crippen LogP contribution in [0.4, 0.5) is 0 Å². The van der Waals surface area contributed by atoms with E-state index in [4.69, 9.17) is 0 Å². The summed E-state index contributed by atoms with van der Waals surface area (Å²) < 4.78 is 0. The molecule has 1 aromatic heterocycles. The number of aromatic amines is 1. The summed E-state index contributed by atoms with van der Waals surface area (Å²) in [7, 11) is 0. The number of rotatable bonds is 1. The Balaban J connectivity index is 2.58. The smallest absolute Gasteiger partial charge is 0.254 e. The summed E-state index contributed by atoms with van der Waals surface area (Å²) in [5.74, 6) is 1.29. The van der Waals surface area contributed by atoms with Gasteiger partial charge >= 0.3 is 0 Å². The third kappa shape index (κ3) is 1.15. The van der Waals surface area contributed by atoms with Gasteiger partial charge in [0.2, 0.25) is 0 Å². The quantitative estimate of drug-likeness (QED) is 0.679. The van der Waals surface area contributed by atoms with Crippen LogP contribution in [0, 0.1) is 13.8 Å². The lowest BCUT2D eigenvalue weighted by molar-refractivity contribution is 0.895. The Morgan fingerprint density at radius 3 is 2.67 bits per heavy atom. The molecule has 0 saturated heterocycles. The second-order valence-corrected chi connectivity index (χ2v) is 3.44. The molecule has 0 amide bonds. The lowest BCUT2D eigenvalue weighted by atomic mass is 10.2. The predicted octanol–water partition coefficient (Wildman–Crippen LogP) is 1.26. The minimum Gasteiger partial charge on any atom is -0.311 e. The first-order chi connectivity index (χ1) is 5.68. The van der Waals surface area contributed by atoms with Crippen LogP contribution in [0.1, 0.15) is 35.8 Å². The van der Waals surface area contributed by atoms with Crippen LogP contribution in [0.3, 0.4) is 0 Å². The van der Waals surface area contributed by atoms with E-state index in [0.717, 1.165) is 17.1 Å². The molecule has 1 fully saturated rings. The van der Waals surface area contributed by atoms with E-state index in [-0.39, 0.29) is 5.56 Å². The van der Waals surface area contributed by atoms with Crippen molar-refractivity contribution in [1.29, 1.82) is 0 Å². The number of nitrogens with zero attached hydrogens (tertiary/aromatic N) is 1. The maximum Gasteiger partial charge on any atom is 0.254 e. The van der Waals surface area contributed by atoms with Crippen molar-refractivity contribution in [3.8, 4) is 0 Å². The van der Waals surface area contributed by atoms with Crippen LogP contribution in [0.25, 0.3) is 0 Å². The largest absolute Gasteiger partial charge is 0.311 e. The van der Waals surface area contributed by atoms with E-state index in [1.54, 1.807) is 0 Å². The Kier molecular flexibility index (Phi) is 1.53. The highest BCUT2D eigenvalue weighted by molar-refractivity contribution is 5.23. The monoisotopic (exact) mass is 164 g/mol. The van der Waals surface area contributed by atoms with Crippen LogP contribution in [-0.2, 0) is 0 Å².